The molecule has 0 aliphatic heterocycles. The fourth-order valence-electron chi connectivity index (χ4n) is 1.74. The highest BCUT2D eigenvalue weighted by atomic mass is 19.1. The summed E-state index contributed by atoms with van der Waals surface area (Å²) in [6.07, 6.45) is 8.33. The van der Waals surface area contributed by atoms with Crippen molar-refractivity contribution in [1.82, 2.24) is 0 Å². The second kappa shape index (κ2) is 4.26. The molecule has 0 amide bonds. The van der Waals surface area contributed by atoms with Gasteiger partial charge in [-0.1, -0.05) is 24.3 Å². The maximum Gasteiger partial charge on any atom is 0.272 e. The zero-order chi connectivity index (χ0) is 11.5. The number of hydrogen-bond acceptors (Lipinski definition) is 2. The third-order valence-electron chi connectivity index (χ3n) is 2.57. The highest BCUT2D eigenvalue weighted by molar-refractivity contribution is 5.38. The second-order valence-corrected chi connectivity index (χ2v) is 3.62. The molecule has 0 radical (unpaired) electrons. The number of nitro benzene ring substituents is 1. The average Bonchev–Trinajstić information content (AvgIpc) is 2.30. The molecule has 0 heterocycles. The van der Waals surface area contributed by atoms with Crippen LogP contribution in [0.15, 0.2) is 42.5 Å². The molecule has 0 spiro atoms. The van der Waals surface area contributed by atoms with Crippen LogP contribution >= 0.6 is 0 Å². The number of allylic oxidation sites excluding steroid dienone is 4. The lowest BCUT2D eigenvalue weighted by molar-refractivity contribution is -0.385. The Morgan fingerprint density at radius 3 is 2.75 bits per heavy atom. The normalized spacial score (nSPS) is 18.7. The van der Waals surface area contributed by atoms with Crippen molar-refractivity contribution in [2.24, 2.45) is 0 Å². The number of nitrogens with zero attached hydrogens (tertiary/aromatic N) is 1. The Morgan fingerprint density at radius 1 is 1.38 bits per heavy atom. The molecule has 0 saturated heterocycles. The molecule has 1 atom stereocenters. The first-order valence-corrected chi connectivity index (χ1v) is 4.95. The molecule has 4 heteroatoms. The summed E-state index contributed by atoms with van der Waals surface area (Å²) in [7, 11) is 0. The molecule has 1 aliphatic rings. The van der Waals surface area contributed by atoms with Crippen LogP contribution in [0.1, 0.15) is 17.9 Å². The van der Waals surface area contributed by atoms with Crippen LogP contribution in [0.5, 0.6) is 0 Å². The van der Waals surface area contributed by atoms with E-state index >= 15 is 0 Å². The van der Waals surface area contributed by atoms with Crippen LogP contribution in [0.3, 0.4) is 0 Å². The zero-order valence-corrected chi connectivity index (χ0v) is 8.47. The monoisotopic (exact) mass is 219 g/mol. The minimum Gasteiger partial charge on any atom is -0.258 e. The van der Waals surface area contributed by atoms with Crippen LogP contribution in [0, 0.1) is 15.9 Å². The summed E-state index contributed by atoms with van der Waals surface area (Å²) in [4.78, 5) is 9.86. The lowest BCUT2D eigenvalue weighted by Crippen LogP contribution is -2.00. The Morgan fingerprint density at radius 2 is 2.19 bits per heavy atom. The van der Waals surface area contributed by atoms with E-state index in [1.54, 1.807) is 0 Å². The maximum atomic E-state index is 13.6. The predicted octanol–water partition coefficient (Wildman–Crippen LogP) is 3.33. The van der Waals surface area contributed by atoms with Gasteiger partial charge in [-0.3, -0.25) is 10.1 Å². The molecule has 16 heavy (non-hydrogen) atoms. The van der Waals surface area contributed by atoms with Crippen molar-refractivity contribution < 1.29 is 9.31 Å². The third kappa shape index (κ3) is 2.00. The first kappa shape index (κ1) is 10.5. The standard InChI is InChI=1S/C12H10FNO2/c13-12-8-10(14(15)16)6-7-11(12)9-4-2-1-3-5-9/h1-4,6-9H,5H2. The quantitative estimate of drug-likeness (QED) is 0.565. The molecule has 1 unspecified atom stereocenters. The lowest BCUT2D eigenvalue weighted by Gasteiger charge is -2.13. The molecule has 1 aromatic rings. The topological polar surface area (TPSA) is 43.1 Å². The molecule has 0 saturated carbocycles. The van der Waals surface area contributed by atoms with Crippen molar-refractivity contribution >= 4 is 5.69 Å². The first-order valence-electron chi connectivity index (χ1n) is 4.95. The van der Waals surface area contributed by atoms with Gasteiger partial charge in [0.05, 0.1) is 11.0 Å². The van der Waals surface area contributed by atoms with Gasteiger partial charge in [0.1, 0.15) is 5.82 Å². The van der Waals surface area contributed by atoms with E-state index in [2.05, 4.69) is 0 Å². The Hall–Kier alpha value is -1.97. The SMILES string of the molecule is O=[N+]([O-])c1ccc(C2C=CC=CC2)c(F)c1. The highest BCUT2D eigenvalue weighted by Crippen LogP contribution is 2.28. The molecular weight excluding hydrogens is 209 g/mol. The number of hydrogen-bond donors (Lipinski definition) is 0. The maximum absolute atomic E-state index is 13.6. The number of nitro groups is 1. The zero-order valence-electron chi connectivity index (χ0n) is 8.47. The molecule has 2 rings (SSSR count). The molecule has 0 N–H and O–H groups in total. The van der Waals surface area contributed by atoms with Gasteiger partial charge in [0.25, 0.3) is 5.69 Å². The molecular formula is C12H10FNO2. The Labute approximate surface area is 92.1 Å². The van der Waals surface area contributed by atoms with Gasteiger partial charge in [0, 0.05) is 12.0 Å². The van der Waals surface area contributed by atoms with Gasteiger partial charge in [0.15, 0.2) is 0 Å². The molecule has 0 fully saturated rings. The van der Waals surface area contributed by atoms with Crippen molar-refractivity contribution in [2.45, 2.75) is 12.3 Å². The summed E-state index contributed by atoms with van der Waals surface area (Å²) in [6, 6.07) is 3.80. The van der Waals surface area contributed by atoms with E-state index in [9.17, 15) is 14.5 Å². The number of benzene rings is 1. The third-order valence-corrected chi connectivity index (χ3v) is 2.57. The van der Waals surface area contributed by atoms with Crippen LogP contribution < -0.4 is 0 Å². The molecule has 82 valence electrons. The smallest absolute Gasteiger partial charge is 0.258 e. The molecule has 0 bridgehead atoms. The van der Waals surface area contributed by atoms with Gasteiger partial charge in [-0.25, -0.2) is 4.39 Å². The van der Waals surface area contributed by atoms with Gasteiger partial charge in [-0.2, -0.15) is 0 Å². The van der Waals surface area contributed by atoms with E-state index in [1.165, 1.54) is 12.1 Å². The van der Waals surface area contributed by atoms with Crippen molar-refractivity contribution in [3.05, 3.63) is 64.0 Å². The van der Waals surface area contributed by atoms with Crippen LogP contribution in [0.4, 0.5) is 10.1 Å². The van der Waals surface area contributed by atoms with Crippen molar-refractivity contribution in [2.75, 3.05) is 0 Å². The van der Waals surface area contributed by atoms with Crippen molar-refractivity contribution in [1.29, 1.82) is 0 Å². The van der Waals surface area contributed by atoms with E-state index < -0.39 is 10.7 Å². The number of halogens is 1. The van der Waals surface area contributed by atoms with Gasteiger partial charge in [-0.15, -0.1) is 0 Å². The highest BCUT2D eigenvalue weighted by Gasteiger charge is 2.16. The summed E-state index contributed by atoms with van der Waals surface area (Å²) in [5.74, 6) is -0.537. The molecule has 1 aliphatic carbocycles. The summed E-state index contributed by atoms with van der Waals surface area (Å²) < 4.78 is 13.6. The van der Waals surface area contributed by atoms with Gasteiger partial charge in [-0.05, 0) is 18.1 Å². The predicted molar refractivity (Wildman–Crippen MR) is 58.7 cm³/mol. The lowest BCUT2D eigenvalue weighted by atomic mass is 9.92. The largest absolute Gasteiger partial charge is 0.272 e. The fourth-order valence-corrected chi connectivity index (χ4v) is 1.74. The Kier molecular flexibility index (Phi) is 2.81. The summed E-state index contributed by atoms with van der Waals surface area (Å²) >= 11 is 0. The minimum atomic E-state index is -0.594. The average molecular weight is 219 g/mol. The Bertz CT molecular complexity index is 480. The van der Waals surface area contributed by atoms with E-state index in [0.717, 1.165) is 12.5 Å². The van der Waals surface area contributed by atoms with E-state index in [1.807, 2.05) is 24.3 Å². The fraction of sp³-hybridized carbons (Fsp3) is 0.167. The van der Waals surface area contributed by atoms with Crippen molar-refractivity contribution in [3.8, 4) is 0 Å². The minimum absolute atomic E-state index is 0.0224. The van der Waals surface area contributed by atoms with Crippen molar-refractivity contribution in [3.63, 3.8) is 0 Å². The molecule has 1 aromatic carbocycles. The summed E-state index contributed by atoms with van der Waals surface area (Å²) in [5.41, 5.74) is 0.294. The molecule has 3 nitrogen and oxygen atoms in total. The Balaban J connectivity index is 2.32. The first-order chi connectivity index (χ1) is 7.68. The molecule has 0 aromatic heterocycles. The van der Waals surface area contributed by atoms with Crippen LogP contribution in [0.25, 0.3) is 0 Å². The van der Waals surface area contributed by atoms with E-state index in [-0.39, 0.29) is 11.6 Å². The van der Waals surface area contributed by atoms with Crippen LogP contribution in [-0.4, -0.2) is 4.92 Å². The van der Waals surface area contributed by atoms with E-state index in [4.69, 9.17) is 0 Å². The number of non-ortho nitro benzene ring substituents is 1. The van der Waals surface area contributed by atoms with Gasteiger partial charge in [0.2, 0.25) is 0 Å². The summed E-state index contributed by atoms with van der Waals surface area (Å²) in [6.45, 7) is 0. The van der Waals surface area contributed by atoms with Crippen LogP contribution in [0.2, 0.25) is 0 Å². The van der Waals surface area contributed by atoms with Gasteiger partial charge >= 0.3 is 0 Å². The summed E-state index contributed by atoms with van der Waals surface area (Å²) in [5, 5.41) is 10.5. The number of rotatable bonds is 2. The second-order valence-electron chi connectivity index (χ2n) is 3.62. The van der Waals surface area contributed by atoms with E-state index in [0.29, 0.717) is 5.56 Å². The van der Waals surface area contributed by atoms with Gasteiger partial charge < -0.3 is 0 Å². The van der Waals surface area contributed by atoms with Crippen LogP contribution in [-0.2, 0) is 0 Å².